The summed E-state index contributed by atoms with van der Waals surface area (Å²) in [5, 5.41) is 3.85. The van der Waals surface area contributed by atoms with Gasteiger partial charge in [0.2, 0.25) is 0 Å². The van der Waals surface area contributed by atoms with E-state index in [0.717, 1.165) is 12.0 Å². The minimum atomic E-state index is 0.742. The highest BCUT2D eigenvalue weighted by molar-refractivity contribution is 4.83. The second-order valence-corrected chi connectivity index (χ2v) is 6.61. The summed E-state index contributed by atoms with van der Waals surface area (Å²) >= 11 is 0. The van der Waals surface area contributed by atoms with Crippen LogP contribution in [0, 0.1) is 5.92 Å². The first-order chi connectivity index (χ1) is 9.81. The van der Waals surface area contributed by atoms with Crippen LogP contribution < -0.4 is 5.32 Å². The summed E-state index contributed by atoms with van der Waals surface area (Å²) in [4.78, 5) is 2.73. The van der Waals surface area contributed by atoms with Crippen LogP contribution in [0.4, 0.5) is 0 Å². The second kappa shape index (κ2) is 11.6. The number of nitrogens with one attached hydrogen (secondary N) is 1. The van der Waals surface area contributed by atoms with Crippen LogP contribution in [0.25, 0.3) is 0 Å². The van der Waals surface area contributed by atoms with Gasteiger partial charge in [0.1, 0.15) is 0 Å². The predicted octanol–water partition coefficient (Wildman–Crippen LogP) is 4.45. The van der Waals surface area contributed by atoms with Gasteiger partial charge >= 0.3 is 0 Å². The Kier molecular flexibility index (Phi) is 10.4. The monoisotopic (exact) mass is 282 g/mol. The van der Waals surface area contributed by atoms with Crippen molar-refractivity contribution in [2.24, 2.45) is 5.92 Å². The molecular weight excluding hydrogens is 244 g/mol. The van der Waals surface area contributed by atoms with Crippen molar-refractivity contribution < 1.29 is 0 Å². The average molecular weight is 283 g/mol. The SMILES string of the molecule is CCCCN(CCCC)CC(NCCC)C1CCCC1. The molecule has 0 saturated heterocycles. The molecule has 1 fully saturated rings. The smallest absolute Gasteiger partial charge is 0.0223 e. The van der Waals surface area contributed by atoms with E-state index in [1.807, 2.05) is 0 Å². The topological polar surface area (TPSA) is 15.3 Å². The minimum Gasteiger partial charge on any atom is -0.312 e. The van der Waals surface area contributed by atoms with Crippen LogP contribution in [0.5, 0.6) is 0 Å². The molecule has 0 aromatic rings. The van der Waals surface area contributed by atoms with E-state index < -0.39 is 0 Å². The first-order valence-electron chi connectivity index (χ1n) is 9.27. The first kappa shape index (κ1) is 18.0. The van der Waals surface area contributed by atoms with E-state index in [1.165, 1.54) is 84.0 Å². The Morgan fingerprint density at radius 3 is 2.05 bits per heavy atom. The molecule has 0 radical (unpaired) electrons. The Bertz CT molecular complexity index is 203. The molecule has 0 spiro atoms. The van der Waals surface area contributed by atoms with Crippen LogP contribution in [-0.4, -0.2) is 37.1 Å². The normalized spacial score (nSPS) is 18.0. The zero-order chi connectivity index (χ0) is 14.6. The molecule has 0 amide bonds. The number of unbranched alkanes of at least 4 members (excludes halogenated alkanes) is 2. The van der Waals surface area contributed by atoms with E-state index >= 15 is 0 Å². The van der Waals surface area contributed by atoms with Crippen molar-refractivity contribution in [2.45, 2.75) is 84.6 Å². The zero-order valence-corrected chi connectivity index (χ0v) is 14.3. The van der Waals surface area contributed by atoms with Crippen molar-refractivity contribution in [2.75, 3.05) is 26.2 Å². The van der Waals surface area contributed by atoms with Crippen LogP contribution >= 0.6 is 0 Å². The summed E-state index contributed by atoms with van der Waals surface area (Å²) in [6.07, 6.45) is 12.4. The molecule has 1 aliphatic carbocycles. The molecule has 1 unspecified atom stereocenters. The molecule has 2 nitrogen and oxygen atoms in total. The number of hydrogen-bond donors (Lipinski definition) is 1. The van der Waals surface area contributed by atoms with Crippen LogP contribution in [0.15, 0.2) is 0 Å². The van der Waals surface area contributed by atoms with Crippen molar-refractivity contribution in [3.8, 4) is 0 Å². The lowest BCUT2D eigenvalue weighted by atomic mass is 9.97. The van der Waals surface area contributed by atoms with Gasteiger partial charge in [-0.25, -0.2) is 0 Å². The second-order valence-electron chi connectivity index (χ2n) is 6.61. The highest BCUT2D eigenvalue weighted by Gasteiger charge is 2.25. The van der Waals surface area contributed by atoms with Gasteiger partial charge in [-0.3, -0.25) is 0 Å². The summed E-state index contributed by atoms with van der Waals surface area (Å²) in [7, 11) is 0. The largest absolute Gasteiger partial charge is 0.312 e. The van der Waals surface area contributed by atoms with Crippen LogP contribution in [0.1, 0.15) is 78.6 Å². The summed E-state index contributed by atoms with van der Waals surface area (Å²) in [6, 6.07) is 0.742. The predicted molar refractivity (Wildman–Crippen MR) is 90.3 cm³/mol. The van der Waals surface area contributed by atoms with Gasteiger partial charge in [0, 0.05) is 12.6 Å². The van der Waals surface area contributed by atoms with Gasteiger partial charge in [0.25, 0.3) is 0 Å². The number of nitrogens with zero attached hydrogens (tertiary/aromatic N) is 1. The lowest BCUT2D eigenvalue weighted by molar-refractivity contribution is 0.203. The standard InChI is InChI=1S/C18H38N2/c1-4-7-14-20(15-8-5-2)16-18(19-13-6-3)17-11-9-10-12-17/h17-19H,4-16H2,1-3H3. The van der Waals surface area contributed by atoms with Gasteiger partial charge in [-0.2, -0.15) is 0 Å². The van der Waals surface area contributed by atoms with Gasteiger partial charge in [-0.1, -0.05) is 46.5 Å². The maximum Gasteiger partial charge on any atom is 0.0223 e. The Morgan fingerprint density at radius 2 is 1.55 bits per heavy atom. The summed E-state index contributed by atoms with van der Waals surface area (Å²) in [5.74, 6) is 0.937. The first-order valence-corrected chi connectivity index (χ1v) is 9.27. The average Bonchev–Trinajstić information content (AvgIpc) is 2.99. The van der Waals surface area contributed by atoms with Crippen LogP contribution in [0.3, 0.4) is 0 Å². The summed E-state index contributed by atoms with van der Waals surface area (Å²) in [5.41, 5.74) is 0. The fourth-order valence-electron chi connectivity index (χ4n) is 3.41. The van der Waals surface area contributed by atoms with E-state index in [9.17, 15) is 0 Å². The van der Waals surface area contributed by atoms with E-state index in [2.05, 4.69) is 31.0 Å². The Balaban J connectivity index is 2.47. The van der Waals surface area contributed by atoms with Gasteiger partial charge in [0.05, 0.1) is 0 Å². The quantitative estimate of drug-likeness (QED) is 0.569. The third kappa shape index (κ3) is 7.08. The van der Waals surface area contributed by atoms with Crippen molar-refractivity contribution in [3.63, 3.8) is 0 Å². The number of hydrogen-bond acceptors (Lipinski definition) is 2. The lowest BCUT2D eigenvalue weighted by Crippen LogP contribution is -2.46. The maximum absolute atomic E-state index is 3.85. The molecule has 1 saturated carbocycles. The molecule has 0 bridgehead atoms. The molecular formula is C18H38N2. The van der Waals surface area contributed by atoms with Crippen LogP contribution in [-0.2, 0) is 0 Å². The van der Waals surface area contributed by atoms with Gasteiger partial charge in [0.15, 0.2) is 0 Å². The number of rotatable bonds is 12. The maximum atomic E-state index is 3.85. The highest BCUT2D eigenvalue weighted by atomic mass is 15.1. The molecule has 1 aliphatic rings. The fraction of sp³-hybridized carbons (Fsp3) is 1.00. The fourth-order valence-corrected chi connectivity index (χ4v) is 3.41. The molecule has 120 valence electrons. The van der Waals surface area contributed by atoms with Crippen molar-refractivity contribution in [1.82, 2.24) is 10.2 Å². The van der Waals surface area contributed by atoms with E-state index in [1.54, 1.807) is 0 Å². The third-order valence-electron chi connectivity index (χ3n) is 4.74. The molecule has 0 heterocycles. The van der Waals surface area contributed by atoms with Gasteiger partial charge in [-0.05, 0) is 57.7 Å². The zero-order valence-electron chi connectivity index (χ0n) is 14.3. The van der Waals surface area contributed by atoms with Gasteiger partial charge in [-0.15, -0.1) is 0 Å². The molecule has 2 heteroatoms. The Morgan fingerprint density at radius 1 is 0.950 bits per heavy atom. The molecule has 0 aromatic heterocycles. The molecule has 1 rings (SSSR count). The Labute approximate surface area is 127 Å². The Hall–Kier alpha value is -0.0800. The van der Waals surface area contributed by atoms with E-state index in [4.69, 9.17) is 0 Å². The van der Waals surface area contributed by atoms with Crippen molar-refractivity contribution in [1.29, 1.82) is 0 Å². The third-order valence-corrected chi connectivity index (χ3v) is 4.74. The van der Waals surface area contributed by atoms with E-state index in [0.29, 0.717) is 0 Å². The summed E-state index contributed by atoms with van der Waals surface area (Å²) in [6.45, 7) is 12.0. The van der Waals surface area contributed by atoms with Gasteiger partial charge < -0.3 is 10.2 Å². The summed E-state index contributed by atoms with van der Waals surface area (Å²) < 4.78 is 0. The molecule has 0 aliphatic heterocycles. The van der Waals surface area contributed by atoms with E-state index in [-0.39, 0.29) is 0 Å². The molecule has 1 N–H and O–H groups in total. The lowest BCUT2D eigenvalue weighted by Gasteiger charge is -2.31. The van der Waals surface area contributed by atoms with Crippen molar-refractivity contribution in [3.05, 3.63) is 0 Å². The van der Waals surface area contributed by atoms with Crippen LogP contribution in [0.2, 0.25) is 0 Å². The highest BCUT2D eigenvalue weighted by Crippen LogP contribution is 2.28. The minimum absolute atomic E-state index is 0.742. The molecule has 20 heavy (non-hydrogen) atoms. The molecule has 1 atom stereocenters. The molecule has 0 aromatic carbocycles. The van der Waals surface area contributed by atoms with Crippen molar-refractivity contribution >= 4 is 0 Å².